The summed E-state index contributed by atoms with van der Waals surface area (Å²) in [6.45, 7) is 2.22. The van der Waals surface area contributed by atoms with Gasteiger partial charge < -0.3 is 13.6 Å². The first-order valence-corrected chi connectivity index (χ1v) is 9.16. The Kier molecular flexibility index (Phi) is 7.96. The summed E-state index contributed by atoms with van der Waals surface area (Å²) in [5.41, 5.74) is 0. The lowest BCUT2D eigenvalue weighted by Crippen LogP contribution is -2.52. The van der Waals surface area contributed by atoms with Crippen LogP contribution in [0.4, 0.5) is 0 Å². The van der Waals surface area contributed by atoms with Crippen molar-refractivity contribution >= 4 is 19.7 Å². The van der Waals surface area contributed by atoms with Crippen molar-refractivity contribution in [3.05, 3.63) is 42.5 Å². The average Bonchev–Trinajstić information content (AvgIpc) is 2.52. The lowest BCUT2D eigenvalue weighted by Gasteiger charge is -2.27. The molecule has 1 aromatic carbocycles. The van der Waals surface area contributed by atoms with Crippen LogP contribution in [0, 0.1) is 0 Å². The Morgan fingerprint density at radius 2 is 1.81 bits per heavy atom. The van der Waals surface area contributed by atoms with Gasteiger partial charge in [-0.3, -0.25) is 0 Å². The first-order valence-electron chi connectivity index (χ1n) is 7.14. The maximum absolute atomic E-state index is 11.2. The van der Waals surface area contributed by atoms with Crippen LogP contribution in [-0.4, -0.2) is 35.4 Å². The first kappa shape index (κ1) is 17.6. The summed E-state index contributed by atoms with van der Waals surface area (Å²) in [6, 6.07) is 10.9. The first-order chi connectivity index (χ1) is 10.2. The Morgan fingerprint density at radius 3 is 2.38 bits per heavy atom. The number of hydrogen-bond acceptors (Lipinski definition) is 4. The van der Waals surface area contributed by atoms with E-state index in [9.17, 15) is 4.79 Å². The molecule has 0 saturated heterocycles. The second kappa shape index (κ2) is 9.49. The normalized spacial score (nSPS) is 11.8. The summed E-state index contributed by atoms with van der Waals surface area (Å²) in [5, 5.41) is 1.13. The molecule has 0 radical (unpaired) electrons. The fourth-order valence-electron chi connectivity index (χ4n) is 2.18. The molecule has 0 saturated carbocycles. The second-order valence-electron chi connectivity index (χ2n) is 4.65. The van der Waals surface area contributed by atoms with E-state index in [0.717, 1.165) is 24.1 Å². The SMILES string of the molecule is CC=CC(=O)OCCCC[Si](OC)(OC)c1ccccc1. The van der Waals surface area contributed by atoms with Crippen LogP contribution in [0.25, 0.3) is 0 Å². The van der Waals surface area contributed by atoms with Gasteiger partial charge in [0.1, 0.15) is 0 Å². The standard InChI is InChI=1S/C16H24O4Si/c1-4-10-16(17)20-13-8-9-14-21(18-2,19-3)15-11-6-5-7-12-15/h4-7,10-12H,8-9,13-14H2,1-3H3. The van der Waals surface area contributed by atoms with Gasteiger partial charge in [-0.25, -0.2) is 4.79 Å². The number of hydrogen-bond donors (Lipinski definition) is 0. The number of carbonyl (C=O) groups is 1. The lowest BCUT2D eigenvalue weighted by molar-refractivity contribution is -0.137. The third-order valence-electron chi connectivity index (χ3n) is 3.32. The Hall–Kier alpha value is -1.43. The molecular weight excluding hydrogens is 284 g/mol. The van der Waals surface area contributed by atoms with Crippen LogP contribution in [0.5, 0.6) is 0 Å². The highest BCUT2D eigenvalue weighted by atomic mass is 28.4. The van der Waals surface area contributed by atoms with E-state index in [2.05, 4.69) is 0 Å². The zero-order chi connectivity index (χ0) is 15.6. The number of benzene rings is 1. The summed E-state index contributed by atoms with van der Waals surface area (Å²) in [4.78, 5) is 11.2. The number of ether oxygens (including phenoxy) is 1. The molecule has 0 heterocycles. The van der Waals surface area contributed by atoms with Crippen LogP contribution in [0.1, 0.15) is 19.8 Å². The molecule has 0 aliphatic rings. The molecule has 5 heteroatoms. The highest BCUT2D eigenvalue weighted by molar-refractivity contribution is 6.81. The van der Waals surface area contributed by atoms with Gasteiger partial charge in [-0.15, -0.1) is 0 Å². The van der Waals surface area contributed by atoms with Gasteiger partial charge in [0, 0.05) is 20.3 Å². The van der Waals surface area contributed by atoms with E-state index in [0.29, 0.717) is 6.61 Å². The van der Waals surface area contributed by atoms with Gasteiger partial charge in [-0.05, 0) is 31.0 Å². The zero-order valence-electron chi connectivity index (χ0n) is 13.0. The minimum absolute atomic E-state index is 0.289. The molecule has 0 spiro atoms. The fraction of sp³-hybridized carbons (Fsp3) is 0.438. The van der Waals surface area contributed by atoms with Gasteiger partial charge in [0.05, 0.1) is 6.61 Å². The minimum atomic E-state index is -2.37. The summed E-state index contributed by atoms with van der Waals surface area (Å²) >= 11 is 0. The van der Waals surface area contributed by atoms with Crippen LogP contribution in [-0.2, 0) is 18.4 Å². The topological polar surface area (TPSA) is 44.8 Å². The van der Waals surface area contributed by atoms with Crippen molar-refractivity contribution < 1.29 is 18.4 Å². The fourth-order valence-corrected chi connectivity index (χ4v) is 4.93. The number of rotatable bonds is 9. The van der Waals surface area contributed by atoms with Crippen molar-refractivity contribution in [1.29, 1.82) is 0 Å². The molecule has 0 aromatic heterocycles. The van der Waals surface area contributed by atoms with E-state index in [1.165, 1.54) is 6.08 Å². The van der Waals surface area contributed by atoms with Gasteiger partial charge >= 0.3 is 14.5 Å². The Bertz CT molecular complexity index is 441. The van der Waals surface area contributed by atoms with Gasteiger partial charge in [-0.1, -0.05) is 36.4 Å². The van der Waals surface area contributed by atoms with Crippen molar-refractivity contribution in [2.45, 2.75) is 25.8 Å². The Morgan fingerprint density at radius 1 is 1.14 bits per heavy atom. The van der Waals surface area contributed by atoms with E-state index in [4.69, 9.17) is 13.6 Å². The molecule has 0 fully saturated rings. The quantitative estimate of drug-likeness (QED) is 0.304. The predicted molar refractivity (Wildman–Crippen MR) is 85.7 cm³/mol. The van der Waals surface area contributed by atoms with Crippen LogP contribution >= 0.6 is 0 Å². The van der Waals surface area contributed by atoms with Crippen LogP contribution in [0.15, 0.2) is 42.5 Å². The average molecular weight is 308 g/mol. The van der Waals surface area contributed by atoms with Crippen molar-refractivity contribution in [1.82, 2.24) is 0 Å². The highest BCUT2D eigenvalue weighted by Gasteiger charge is 2.37. The summed E-state index contributed by atoms with van der Waals surface area (Å²) < 4.78 is 16.6. The molecular formula is C16H24O4Si. The molecule has 0 unspecified atom stereocenters. The predicted octanol–water partition coefficient (Wildman–Crippen LogP) is 2.53. The van der Waals surface area contributed by atoms with E-state index >= 15 is 0 Å². The molecule has 116 valence electrons. The molecule has 0 aliphatic carbocycles. The van der Waals surface area contributed by atoms with Crippen LogP contribution in [0.3, 0.4) is 0 Å². The smallest absolute Gasteiger partial charge is 0.371 e. The second-order valence-corrected chi connectivity index (χ2v) is 8.05. The molecule has 1 aromatic rings. The van der Waals surface area contributed by atoms with Gasteiger partial charge in [0.25, 0.3) is 0 Å². The molecule has 4 nitrogen and oxygen atoms in total. The molecule has 1 rings (SSSR count). The number of allylic oxidation sites excluding steroid dienone is 1. The highest BCUT2D eigenvalue weighted by Crippen LogP contribution is 2.16. The molecule has 0 atom stereocenters. The summed E-state index contributed by atoms with van der Waals surface area (Å²) in [5.74, 6) is -0.289. The maximum atomic E-state index is 11.2. The van der Waals surface area contributed by atoms with Gasteiger partial charge in [-0.2, -0.15) is 0 Å². The minimum Gasteiger partial charge on any atom is -0.463 e. The van der Waals surface area contributed by atoms with E-state index < -0.39 is 8.56 Å². The third-order valence-corrected chi connectivity index (χ3v) is 6.86. The van der Waals surface area contributed by atoms with E-state index in [1.54, 1.807) is 27.2 Å². The van der Waals surface area contributed by atoms with Crippen molar-refractivity contribution in [2.24, 2.45) is 0 Å². The molecule has 0 bridgehead atoms. The monoisotopic (exact) mass is 308 g/mol. The molecule has 0 amide bonds. The van der Waals surface area contributed by atoms with Gasteiger partial charge in [0.2, 0.25) is 0 Å². The van der Waals surface area contributed by atoms with E-state index in [-0.39, 0.29) is 5.97 Å². The largest absolute Gasteiger partial charge is 0.463 e. The Balaban J connectivity index is 2.47. The number of esters is 1. The molecule has 21 heavy (non-hydrogen) atoms. The molecule has 0 aliphatic heterocycles. The molecule has 0 N–H and O–H groups in total. The maximum Gasteiger partial charge on any atom is 0.371 e. The number of carbonyl (C=O) groups excluding carboxylic acids is 1. The van der Waals surface area contributed by atoms with E-state index in [1.807, 2.05) is 30.3 Å². The zero-order valence-corrected chi connectivity index (χ0v) is 14.0. The van der Waals surface area contributed by atoms with Crippen LogP contribution < -0.4 is 5.19 Å². The van der Waals surface area contributed by atoms with Gasteiger partial charge in [0.15, 0.2) is 0 Å². The van der Waals surface area contributed by atoms with Crippen LogP contribution in [0.2, 0.25) is 6.04 Å². The third kappa shape index (κ3) is 5.45. The van der Waals surface area contributed by atoms with Crippen molar-refractivity contribution in [3.8, 4) is 0 Å². The summed E-state index contributed by atoms with van der Waals surface area (Å²) in [6.07, 6.45) is 4.79. The number of unbranched alkanes of at least 4 members (excludes halogenated alkanes) is 1. The Labute approximate surface area is 128 Å². The lowest BCUT2D eigenvalue weighted by atomic mass is 10.3. The summed E-state index contributed by atoms with van der Waals surface area (Å²) in [7, 11) is 1.04. The van der Waals surface area contributed by atoms with Crippen molar-refractivity contribution in [2.75, 3.05) is 20.8 Å². The van der Waals surface area contributed by atoms with Crippen molar-refractivity contribution in [3.63, 3.8) is 0 Å².